The lowest BCUT2D eigenvalue weighted by Crippen LogP contribution is -2.48. The van der Waals surface area contributed by atoms with Gasteiger partial charge in [0.1, 0.15) is 0 Å². The Morgan fingerprint density at radius 3 is 2.78 bits per heavy atom. The van der Waals surface area contributed by atoms with Crippen LogP contribution < -0.4 is 15.5 Å². The standard InChI is InChI=1S/C16H28N4OS.HI/c1-3-17-16(18-9-12-21-4-2)19-14-7-10-20(11-8-14)15-6-5-13-22-15;/h5-6,13-14H,3-4,7-12H2,1-2H3,(H2,17,18,19);1H. The Hall–Kier alpha value is -0.540. The van der Waals surface area contributed by atoms with Crippen LogP contribution in [-0.2, 0) is 4.74 Å². The molecule has 0 bridgehead atoms. The number of nitrogens with one attached hydrogen (secondary N) is 2. The van der Waals surface area contributed by atoms with Gasteiger partial charge in [0, 0.05) is 32.3 Å². The molecular formula is C16H29IN4OS. The summed E-state index contributed by atoms with van der Waals surface area (Å²) in [4.78, 5) is 7.05. The van der Waals surface area contributed by atoms with Crippen molar-refractivity contribution in [2.24, 2.45) is 4.99 Å². The maximum Gasteiger partial charge on any atom is 0.191 e. The first-order valence-corrected chi connectivity index (χ1v) is 9.12. The second kappa shape index (κ2) is 11.9. The number of anilines is 1. The van der Waals surface area contributed by atoms with Gasteiger partial charge in [-0.3, -0.25) is 4.99 Å². The zero-order chi connectivity index (χ0) is 15.6. The number of rotatable bonds is 7. The Morgan fingerprint density at radius 2 is 2.17 bits per heavy atom. The van der Waals surface area contributed by atoms with Crippen molar-refractivity contribution in [2.75, 3.05) is 44.3 Å². The van der Waals surface area contributed by atoms with E-state index in [1.807, 2.05) is 18.3 Å². The lowest BCUT2D eigenvalue weighted by molar-refractivity contribution is 0.155. The summed E-state index contributed by atoms with van der Waals surface area (Å²) in [5.74, 6) is 0.914. The summed E-state index contributed by atoms with van der Waals surface area (Å²) in [6.45, 7) is 9.34. The molecule has 2 N–H and O–H groups in total. The predicted molar refractivity (Wildman–Crippen MR) is 111 cm³/mol. The van der Waals surface area contributed by atoms with Crippen LogP contribution in [0, 0.1) is 0 Å². The third kappa shape index (κ3) is 7.26. The van der Waals surface area contributed by atoms with Gasteiger partial charge in [0.05, 0.1) is 18.2 Å². The molecule has 0 aromatic carbocycles. The van der Waals surface area contributed by atoms with Crippen LogP contribution in [0.4, 0.5) is 5.00 Å². The van der Waals surface area contributed by atoms with Crippen molar-refractivity contribution in [3.63, 3.8) is 0 Å². The van der Waals surface area contributed by atoms with Gasteiger partial charge in [0.25, 0.3) is 0 Å². The first-order valence-electron chi connectivity index (χ1n) is 8.24. The topological polar surface area (TPSA) is 48.9 Å². The van der Waals surface area contributed by atoms with E-state index in [2.05, 4.69) is 45.0 Å². The number of guanidine groups is 1. The highest BCUT2D eigenvalue weighted by Crippen LogP contribution is 2.24. The van der Waals surface area contributed by atoms with Gasteiger partial charge in [-0.15, -0.1) is 35.3 Å². The van der Waals surface area contributed by atoms with Crippen molar-refractivity contribution in [1.29, 1.82) is 0 Å². The van der Waals surface area contributed by atoms with Gasteiger partial charge in [-0.25, -0.2) is 0 Å². The molecule has 0 saturated carbocycles. The molecule has 1 aliphatic heterocycles. The first kappa shape index (κ1) is 20.5. The number of halogens is 1. The number of thiophene rings is 1. The smallest absolute Gasteiger partial charge is 0.191 e. The second-order valence-electron chi connectivity index (χ2n) is 5.31. The van der Waals surface area contributed by atoms with Gasteiger partial charge in [-0.1, -0.05) is 0 Å². The fourth-order valence-electron chi connectivity index (χ4n) is 2.57. The number of hydrogen-bond donors (Lipinski definition) is 2. The Labute approximate surface area is 160 Å². The van der Waals surface area contributed by atoms with Crippen LogP contribution in [0.5, 0.6) is 0 Å². The summed E-state index contributed by atoms with van der Waals surface area (Å²) in [5, 5.41) is 10.4. The molecule has 132 valence electrons. The van der Waals surface area contributed by atoms with Crippen molar-refractivity contribution in [1.82, 2.24) is 10.6 Å². The molecule has 0 unspecified atom stereocenters. The maximum atomic E-state index is 5.34. The Kier molecular flexibility index (Phi) is 10.6. The van der Waals surface area contributed by atoms with E-state index < -0.39 is 0 Å². The molecule has 1 saturated heterocycles. The van der Waals surface area contributed by atoms with Gasteiger partial charge in [-0.05, 0) is 44.2 Å². The van der Waals surface area contributed by atoms with Gasteiger partial charge in [0.2, 0.25) is 0 Å². The normalized spacial score (nSPS) is 16.1. The van der Waals surface area contributed by atoms with Crippen LogP contribution in [0.15, 0.2) is 22.5 Å². The third-order valence-electron chi connectivity index (χ3n) is 3.71. The fourth-order valence-corrected chi connectivity index (χ4v) is 3.36. The van der Waals surface area contributed by atoms with Crippen molar-refractivity contribution in [3.8, 4) is 0 Å². The molecular weight excluding hydrogens is 423 g/mol. The maximum absolute atomic E-state index is 5.34. The van der Waals surface area contributed by atoms with E-state index in [4.69, 9.17) is 4.74 Å². The number of piperidine rings is 1. The van der Waals surface area contributed by atoms with Crippen LogP contribution in [0.2, 0.25) is 0 Å². The van der Waals surface area contributed by atoms with E-state index in [-0.39, 0.29) is 24.0 Å². The van der Waals surface area contributed by atoms with Crippen molar-refractivity contribution in [3.05, 3.63) is 17.5 Å². The average Bonchev–Trinajstić information content (AvgIpc) is 3.07. The number of ether oxygens (including phenoxy) is 1. The molecule has 5 nitrogen and oxygen atoms in total. The zero-order valence-electron chi connectivity index (χ0n) is 14.1. The number of nitrogens with zero attached hydrogens (tertiary/aromatic N) is 2. The summed E-state index contributed by atoms with van der Waals surface area (Å²) in [6.07, 6.45) is 2.29. The van der Waals surface area contributed by atoms with Gasteiger partial charge in [-0.2, -0.15) is 0 Å². The summed E-state index contributed by atoms with van der Waals surface area (Å²) >= 11 is 1.82. The molecule has 0 spiro atoms. The van der Waals surface area contributed by atoms with Crippen LogP contribution >= 0.6 is 35.3 Å². The lowest BCUT2D eigenvalue weighted by atomic mass is 10.1. The van der Waals surface area contributed by atoms with Crippen LogP contribution in [-0.4, -0.2) is 51.4 Å². The summed E-state index contributed by atoms with van der Waals surface area (Å²) in [7, 11) is 0. The van der Waals surface area contributed by atoms with E-state index in [0.717, 1.165) is 45.0 Å². The highest BCUT2D eigenvalue weighted by atomic mass is 127. The second-order valence-corrected chi connectivity index (χ2v) is 6.24. The number of hydrogen-bond acceptors (Lipinski definition) is 4. The Morgan fingerprint density at radius 1 is 1.39 bits per heavy atom. The van der Waals surface area contributed by atoms with Gasteiger partial charge in [0.15, 0.2) is 5.96 Å². The van der Waals surface area contributed by atoms with Gasteiger partial charge >= 0.3 is 0 Å². The van der Waals surface area contributed by atoms with E-state index in [1.54, 1.807) is 0 Å². The van der Waals surface area contributed by atoms with Gasteiger partial charge < -0.3 is 20.3 Å². The minimum absolute atomic E-state index is 0. The molecule has 0 amide bonds. The Balaban J connectivity index is 0.00000264. The van der Waals surface area contributed by atoms with Crippen LogP contribution in [0.1, 0.15) is 26.7 Å². The highest BCUT2D eigenvalue weighted by Gasteiger charge is 2.20. The minimum Gasteiger partial charge on any atom is -0.380 e. The van der Waals surface area contributed by atoms with Crippen molar-refractivity contribution in [2.45, 2.75) is 32.7 Å². The number of aliphatic imine (C=N–C) groups is 1. The minimum atomic E-state index is 0. The molecule has 7 heteroatoms. The lowest BCUT2D eigenvalue weighted by Gasteiger charge is -2.33. The molecule has 0 atom stereocenters. The highest BCUT2D eigenvalue weighted by molar-refractivity contribution is 14.0. The van der Waals surface area contributed by atoms with E-state index >= 15 is 0 Å². The quantitative estimate of drug-likeness (QED) is 0.289. The summed E-state index contributed by atoms with van der Waals surface area (Å²) < 4.78 is 5.34. The van der Waals surface area contributed by atoms with Crippen molar-refractivity contribution < 1.29 is 4.74 Å². The fraction of sp³-hybridized carbons (Fsp3) is 0.688. The molecule has 0 aliphatic carbocycles. The van der Waals surface area contributed by atoms with Crippen LogP contribution in [0.25, 0.3) is 0 Å². The molecule has 23 heavy (non-hydrogen) atoms. The van der Waals surface area contributed by atoms with Crippen LogP contribution in [0.3, 0.4) is 0 Å². The van der Waals surface area contributed by atoms with E-state index in [9.17, 15) is 0 Å². The molecule has 1 aromatic rings. The first-order chi connectivity index (χ1) is 10.8. The summed E-state index contributed by atoms with van der Waals surface area (Å²) in [5.41, 5.74) is 0. The van der Waals surface area contributed by atoms with E-state index in [0.29, 0.717) is 19.2 Å². The van der Waals surface area contributed by atoms with E-state index in [1.165, 1.54) is 5.00 Å². The SMILES string of the molecule is CCNC(=NCCOCC)NC1CCN(c2cccs2)CC1.I. The third-order valence-corrected chi connectivity index (χ3v) is 4.64. The monoisotopic (exact) mass is 452 g/mol. The molecule has 1 fully saturated rings. The largest absolute Gasteiger partial charge is 0.380 e. The molecule has 1 aliphatic rings. The molecule has 2 heterocycles. The molecule has 1 aromatic heterocycles. The molecule has 2 rings (SSSR count). The zero-order valence-corrected chi connectivity index (χ0v) is 17.2. The Bertz CT molecular complexity index is 433. The molecule has 0 radical (unpaired) electrons. The predicted octanol–water partition coefficient (Wildman–Crippen LogP) is 2.93. The summed E-state index contributed by atoms with van der Waals surface area (Å²) in [6, 6.07) is 4.83. The van der Waals surface area contributed by atoms with Crippen molar-refractivity contribution >= 4 is 46.3 Å². The average molecular weight is 452 g/mol.